The van der Waals surface area contributed by atoms with Crippen molar-refractivity contribution in [2.45, 2.75) is 19.8 Å². The van der Waals surface area contributed by atoms with Gasteiger partial charge in [0.05, 0.1) is 10.6 Å². The summed E-state index contributed by atoms with van der Waals surface area (Å²) >= 11 is 5.89. The summed E-state index contributed by atoms with van der Waals surface area (Å²) in [5.41, 5.74) is 1.45. The van der Waals surface area contributed by atoms with Crippen LogP contribution in [0, 0.1) is 11.3 Å². The molecule has 0 saturated heterocycles. The molecule has 1 heterocycles. The fourth-order valence-electron chi connectivity index (χ4n) is 1.12. The van der Waals surface area contributed by atoms with E-state index < -0.39 is 0 Å². The van der Waals surface area contributed by atoms with Gasteiger partial charge in [-0.25, -0.2) is 0 Å². The van der Waals surface area contributed by atoms with Crippen LogP contribution in [-0.4, -0.2) is 4.98 Å². The standard InChI is InChI=1S/C9H9ClN2/c1-6(2)9-7(3-11)4-12-5-8(9)10/h4-6H,1-2H3. The van der Waals surface area contributed by atoms with Crippen LogP contribution in [0.4, 0.5) is 0 Å². The van der Waals surface area contributed by atoms with E-state index in [9.17, 15) is 0 Å². The molecule has 0 aromatic carbocycles. The van der Waals surface area contributed by atoms with Gasteiger partial charge in [-0.2, -0.15) is 5.26 Å². The summed E-state index contributed by atoms with van der Waals surface area (Å²) in [6.45, 7) is 4.00. The van der Waals surface area contributed by atoms with Gasteiger partial charge < -0.3 is 0 Å². The second-order valence-corrected chi connectivity index (χ2v) is 3.26. The zero-order valence-electron chi connectivity index (χ0n) is 7.00. The quantitative estimate of drug-likeness (QED) is 0.667. The normalized spacial score (nSPS) is 9.92. The van der Waals surface area contributed by atoms with E-state index in [1.54, 1.807) is 12.4 Å². The fourth-order valence-corrected chi connectivity index (χ4v) is 1.50. The minimum atomic E-state index is 0.259. The molecule has 0 aliphatic rings. The largest absolute Gasteiger partial charge is 0.262 e. The Hall–Kier alpha value is -1.07. The Labute approximate surface area is 76.8 Å². The van der Waals surface area contributed by atoms with Crippen LogP contribution in [-0.2, 0) is 0 Å². The van der Waals surface area contributed by atoms with Crippen LogP contribution in [0.25, 0.3) is 0 Å². The number of hydrogen-bond acceptors (Lipinski definition) is 2. The van der Waals surface area contributed by atoms with E-state index in [1.807, 2.05) is 13.8 Å². The van der Waals surface area contributed by atoms with Crippen LogP contribution in [0.15, 0.2) is 12.4 Å². The van der Waals surface area contributed by atoms with Crippen molar-refractivity contribution in [3.8, 4) is 6.07 Å². The molecule has 12 heavy (non-hydrogen) atoms. The van der Waals surface area contributed by atoms with Gasteiger partial charge in [-0.05, 0) is 11.5 Å². The van der Waals surface area contributed by atoms with Gasteiger partial charge >= 0.3 is 0 Å². The molecule has 1 aromatic heterocycles. The van der Waals surface area contributed by atoms with Crippen molar-refractivity contribution in [2.24, 2.45) is 0 Å². The summed E-state index contributed by atoms with van der Waals surface area (Å²) in [4.78, 5) is 3.84. The smallest absolute Gasteiger partial charge is 0.101 e. The van der Waals surface area contributed by atoms with Crippen LogP contribution in [0.2, 0.25) is 5.02 Å². The number of nitrogens with zero attached hydrogens (tertiary/aromatic N) is 2. The van der Waals surface area contributed by atoms with Crippen LogP contribution >= 0.6 is 11.6 Å². The molecule has 3 heteroatoms. The van der Waals surface area contributed by atoms with E-state index >= 15 is 0 Å². The van der Waals surface area contributed by atoms with Crippen molar-refractivity contribution in [3.05, 3.63) is 28.5 Å². The van der Waals surface area contributed by atoms with Crippen molar-refractivity contribution >= 4 is 11.6 Å². The molecule has 0 fully saturated rings. The minimum absolute atomic E-state index is 0.259. The highest BCUT2D eigenvalue weighted by molar-refractivity contribution is 6.31. The molecule has 1 rings (SSSR count). The van der Waals surface area contributed by atoms with Gasteiger partial charge in [0, 0.05) is 12.4 Å². The SMILES string of the molecule is CC(C)c1c(Cl)cncc1C#N. The first-order chi connectivity index (χ1) is 5.66. The summed E-state index contributed by atoms with van der Waals surface area (Å²) in [6.07, 6.45) is 3.11. The third-order valence-corrected chi connectivity index (χ3v) is 1.94. The Kier molecular flexibility index (Phi) is 2.67. The van der Waals surface area contributed by atoms with Gasteiger partial charge in [-0.15, -0.1) is 0 Å². The maximum absolute atomic E-state index is 8.74. The molecule has 0 atom stereocenters. The number of aromatic nitrogens is 1. The Morgan fingerprint density at radius 3 is 2.58 bits per heavy atom. The third kappa shape index (κ3) is 1.57. The van der Waals surface area contributed by atoms with Crippen molar-refractivity contribution in [1.29, 1.82) is 5.26 Å². The second-order valence-electron chi connectivity index (χ2n) is 2.85. The molecule has 0 aliphatic carbocycles. The Morgan fingerprint density at radius 2 is 2.17 bits per heavy atom. The summed E-state index contributed by atoms with van der Waals surface area (Å²) in [5.74, 6) is 0.259. The lowest BCUT2D eigenvalue weighted by Gasteiger charge is -2.08. The van der Waals surface area contributed by atoms with Gasteiger partial charge in [0.1, 0.15) is 6.07 Å². The second kappa shape index (κ2) is 3.55. The highest BCUT2D eigenvalue weighted by atomic mass is 35.5. The van der Waals surface area contributed by atoms with E-state index in [-0.39, 0.29) is 5.92 Å². The van der Waals surface area contributed by atoms with Crippen molar-refractivity contribution in [2.75, 3.05) is 0 Å². The van der Waals surface area contributed by atoms with Crippen LogP contribution in [0.3, 0.4) is 0 Å². The Morgan fingerprint density at radius 1 is 1.50 bits per heavy atom. The minimum Gasteiger partial charge on any atom is -0.262 e. The Bertz CT molecular complexity index is 326. The monoisotopic (exact) mass is 180 g/mol. The maximum atomic E-state index is 8.74. The van der Waals surface area contributed by atoms with E-state index in [2.05, 4.69) is 11.1 Å². The first kappa shape index (κ1) is 9.02. The molecule has 0 unspecified atom stereocenters. The van der Waals surface area contributed by atoms with E-state index in [0.717, 1.165) is 5.56 Å². The molecule has 0 amide bonds. The van der Waals surface area contributed by atoms with Crippen LogP contribution in [0.1, 0.15) is 30.9 Å². The molecule has 2 nitrogen and oxygen atoms in total. The number of halogens is 1. The fraction of sp³-hybridized carbons (Fsp3) is 0.333. The number of hydrogen-bond donors (Lipinski definition) is 0. The van der Waals surface area contributed by atoms with Crippen molar-refractivity contribution in [3.63, 3.8) is 0 Å². The van der Waals surface area contributed by atoms with Gasteiger partial charge in [0.15, 0.2) is 0 Å². The predicted molar refractivity (Wildman–Crippen MR) is 48.1 cm³/mol. The summed E-state index contributed by atoms with van der Waals surface area (Å²) < 4.78 is 0. The summed E-state index contributed by atoms with van der Waals surface area (Å²) in [7, 11) is 0. The van der Waals surface area contributed by atoms with Crippen molar-refractivity contribution in [1.82, 2.24) is 4.98 Å². The molecular formula is C9H9ClN2. The number of nitriles is 1. The lowest BCUT2D eigenvalue weighted by atomic mass is 10.0. The molecule has 0 spiro atoms. The molecule has 62 valence electrons. The van der Waals surface area contributed by atoms with Crippen molar-refractivity contribution < 1.29 is 0 Å². The predicted octanol–water partition coefficient (Wildman–Crippen LogP) is 2.73. The summed E-state index contributed by atoms with van der Waals surface area (Å²) in [6, 6.07) is 2.07. The zero-order chi connectivity index (χ0) is 9.14. The number of rotatable bonds is 1. The number of pyridine rings is 1. The molecule has 0 bridgehead atoms. The van der Waals surface area contributed by atoms with Crippen LogP contribution < -0.4 is 0 Å². The zero-order valence-corrected chi connectivity index (χ0v) is 7.76. The average Bonchev–Trinajstić information content (AvgIpc) is 2.03. The van der Waals surface area contributed by atoms with Gasteiger partial charge in [-0.3, -0.25) is 4.98 Å². The third-order valence-electron chi connectivity index (χ3n) is 1.64. The van der Waals surface area contributed by atoms with Gasteiger partial charge in [-0.1, -0.05) is 25.4 Å². The van der Waals surface area contributed by atoms with Gasteiger partial charge in [0.2, 0.25) is 0 Å². The molecule has 0 aliphatic heterocycles. The first-order valence-corrected chi connectivity index (χ1v) is 4.08. The topological polar surface area (TPSA) is 36.7 Å². The first-order valence-electron chi connectivity index (χ1n) is 3.70. The lowest BCUT2D eigenvalue weighted by Crippen LogP contribution is -1.94. The highest BCUT2D eigenvalue weighted by Gasteiger charge is 2.10. The van der Waals surface area contributed by atoms with E-state index in [1.165, 1.54) is 0 Å². The Balaban J connectivity index is 3.32. The molecule has 0 radical (unpaired) electrons. The molecular weight excluding hydrogens is 172 g/mol. The lowest BCUT2D eigenvalue weighted by molar-refractivity contribution is 0.858. The van der Waals surface area contributed by atoms with Crippen LogP contribution in [0.5, 0.6) is 0 Å². The summed E-state index contributed by atoms with van der Waals surface area (Å²) in [5, 5.41) is 9.32. The van der Waals surface area contributed by atoms with E-state index in [4.69, 9.17) is 16.9 Å². The maximum Gasteiger partial charge on any atom is 0.101 e. The highest BCUT2D eigenvalue weighted by Crippen LogP contribution is 2.25. The molecule has 1 aromatic rings. The van der Waals surface area contributed by atoms with Gasteiger partial charge in [0.25, 0.3) is 0 Å². The average molecular weight is 181 g/mol. The van der Waals surface area contributed by atoms with E-state index in [0.29, 0.717) is 10.6 Å². The molecule has 0 saturated carbocycles. The molecule has 0 N–H and O–H groups in total.